The average molecular weight is 310 g/mol. The van der Waals surface area contributed by atoms with Crippen LogP contribution in [0, 0.1) is 13.8 Å². The molecule has 1 amide bonds. The SMILES string of the molecule is Cc1oc(S(C)(=O)=O)cc1C(=O)NCc1ccc(C)n1C. The summed E-state index contributed by atoms with van der Waals surface area (Å²) in [5.41, 5.74) is 2.30. The number of carbonyl (C=O) groups is 1. The standard InChI is InChI=1S/C14H18N2O4S/c1-9-5-6-11(16(9)3)8-15-14(17)12-7-13(20-10(12)2)21(4,18)19/h5-7H,8H2,1-4H3,(H,15,17). The highest BCUT2D eigenvalue weighted by Crippen LogP contribution is 2.19. The molecule has 0 aliphatic heterocycles. The molecule has 0 aromatic carbocycles. The predicted molar refractivity (Wildman–Crippen MR) is 77.9 cm³/mol. The molecular weight excluding hydrogens is 292 g/mol. The van der Waals surface area contributed by atoms with Crippen molar-refractivity contribution < 1.29 is 17.6 Å². The van der Waals surface area contributed by atoms with Crippen LogP contribution in [0.3, 0.4) is 0 Å². The molecule has 0 saturated heterocycles. The van der Waals surface area contributed by atoms with E-state index in [0.29, 0.717) is 6.54 Å². The van der Waals surface area contributed by atoms with Crippen LogP contribution in [0.1, 0.15) is 27.5 Å². The monoisotopic (exact) mass is 310 g/mol. The van der Waals surface area contributed by atoms with E-state index in [0.717, 1.165) is 17.6 Å². The quantitative estimate of drug-likeness (QED) is 0.929. The molecular formula is C14H18N2O4S. The van der Waals surface area contributed by atoms with Crippen molar-refractivity contribution in [3.05, 3.63) is 40.9 Å². The lowest BCUT2D eigenvalue weighted by atomic mass is 10.2. The number of furan rings is 1. The summed E-state index contributed by atoms with van der Waals surface area (Å²) in [6, 6.07) is 5.16. The van der Waals surface area contributed by atoms with Gasteiger partial charge >= 0.3 is 0 Å². The van der Waals surface area contributed by atoms with Crippen molar-refractivity contribution in [3.63, 3.8) is 0 Å². The number of aromatic nitrogens is 1. The fraction of sp³-hybridized carbons (Fsp3) is 0.357. The number of carbonyl (C=O) groups excluding carboxylic acids is 1. The van der Waals surface area contributed by atoms with E-state index in [1.165, 1.54) is 6.07 Å². The average Bonchev–Trinajstić information content (AvgIpc) is 2.92. The van der Waals surface area contributed by atoms with Crippen LogP contribution in [0.4, 0.5) is 0 Å². The minimum atomic E-state index is -3.46. The number of rotatable bonds is 4. The van der Waals surface area contributed by atoms with E-state index in [2.05, 4.69) is 5.32 Å². The highest BCUT2D eigenvalue weighted by Gasteiger charge is 2.20. The predicted octanol–water partition coefficient (Wildman–Crippen LogP) is 1.57. The number of aryl methyl sites for hydroxylation is 2. The van der Waals surface area contributed by atoms with Gasteiger partial charge in [-0.3, -0.25) is 4.79 Å². The zero-order chi connectivity index (χ0) is 15.8. The van der Waals surface area contributed by atoms with Crippen molar-refractivity contribution in [2.24, 2.45) is 7.05 Å². The molecule has 2 heterocycles. The number of hydrogen-bond acceptors (Lipinski definition) is 4. The Morgan fingerprint density at radius 1 is 1.33 bits per heavy atom. The molecule has 2 aromatic heterocycles. The summed E-state index contributed by atoms with van der Waals surface area (Å²) in [6.07, 6.45) is 1.04. The minimum absolute atomic E-state index is 0.195. The van der Waals surface area contributed by atoms with Crippen LogP contribution >= 0.6 is 0 Å². The second-order valence-electron chi connectivity index (χ2n) is 5.02. The molecule has 21 heavy (non-hydrogen) atoms. The first kappa shape index (κ1) is 15.4. The third-order valence-electron chi connectivity index (χ3n) is 3.41. The van der Waals surface area contributed by atoms with E-state index in [-0.39, 0.29) is 22.3 Å². The fourth-order valence-corrected chi connectivity index (χ4v) is 2.58. The maximum absolute atomic E-state index is 12.1. The van der Waals surface area contributed by atoms with Gasteiger partial charge in [0, 0.05) is 30.8 Å². The fourth-order valence-electron chi connectivity index (χ4n) is 1.97. The summed E-state index contributed by atoms with van der Waals surface area (Å²) >= 11 is 0. The largest absolute Gasteiger partial charge is 0.449 e. The first-order valence-electron chi connectivity index (χ1n) is 6.40. The van der Waals surface area contributed by atoms with Gasteiger partial charge in [0.05, 0.1) is 12.1 Å². The van der Waals surface area contributed by atoms with Crippen LogP contribution in [-0.4, -0.2) is 25.1 Å². The first-order chi connectivity index (χ1) is 9.70. The molecule has 1 N–H and O–H groups in total. The van der Waals surface area contributed by atoms with Gasteiger partial charge in [-0.25, -0.2) is 8.42 Å². The number of nitrogens with zero attached hydrogens (tertiary/aromatic N) is 1. The summed E-state index contributed by atoms with van der Waals surface area (Å²) in [6.45, 7) is 3.90. The maximum atomic E-state index is 12.1. The lowest BCUT2D eigenvalue weighted by Crippen LogP contribution is -2.24. The third kappa shape index (κ3) is 3.18. The zero-order valence-corrected chi connectivity index (χ0v) is 13.2. The number of amides is 1. The molecule has 0 aliphatic carbocycles. The Hall–Kier alpha value is -2.02. The second kappa shape index (κ2) is 5.40. The van der Waals surface area contributed by atoms with Crippen molar-refractivity contribution >= 4 is 15.7 Å². The maximum Gasteiger partial charge on any atom is 0.255 e. The van der Waals surface area contributed by atoms with Crippen LogP contribution in [0.2, 0.25) is 0 Å². The van der Waals surface area contributed by atoms with Gasteiger partial charge in [0.2, 0.25) is 14.9 Å². The molecule has 6 nitrogen and oxygen atoms in total. The van der Waals surface area contributed by atoms with Crippen molar-refractivity contribution in [1.29, 1.82) is 0 Å². The molecule has 7 heteroatoms. The topological polar surface area (TPSA) is 81.3 Å². The Bertz CT molecular complexity index is 784. The van der Waals surface area contributed by atoms with Crippen LogP contribution in [0.5, 0.6) is 0 Å². The molecule has 0 aliphatic rings. The van der Waals surface area contributed by atoms with Crippen LogP contribution in [0.15, 0.2) is 27.7 Å². The van der Waals surface area contributed by atoms with Crippen molar-refractivity contribution in [2.45, 2.75) is 25.5 Å². The highest BCUT2D eigenvalue weighted by molar-refractivity contribution is 7.90. The zero-order valence-electron chi connectivity index (χ0n) is 12.4. The normalized spacial score (nSPS) is 11.6. The summed E-state index contributed by atoms with van der Waals surface area (Å²) in [5.74, 6) is -0.0685. The van der Waals surface area contributed by atoms with Crippen molar-refractivity contribution in [1.82, 2.24) is 9.88 Å². The molecule has 114 valence electrons. The summed E-state index contributed by atoms with van der Waals surface area (Å²) in [5, 5.41) is 2.57. The molecule has 0 bridgehead atoms. The molecule has 2 aromatic rings. The number of hydrogen-bond donors (Lipinski definition) is 1. The van der Waals surface area contributed by atoms with Crippen LogP contribution in [-0.2, 0) is 23.4 Å². The van der Waals surface area contributed by atoms with E-state index in [4.69, 9.17) is 4.42 Å². The van der Waals surface area contributed by atoms with Gasteiger partial charge in [0.1, 0.15) is 5.76 Å². The number of sulfone groups is 1. The molecule has 0 atom stereocenters. The second-order valence-corrected chi connectivity index (χ2v) is 6.96. The molecule has 2 rings (SSSR count). The molecule has 0 radical (unpaired) electrons. The van der Waals surface area contributed by atoms with Gasteiger partial charge < -0.3 is 14.3 Å². The third-order valence-corrected chi connectivity index (χ3v) is 4.34. The highest BCUT2D eigenvalue weighted by atomic mass is 32.2. The molecule has 0 spiro atoms. The Balaban J connectivity index is 2.14. The number of nitrogens with one attached hydrogen (secondary N) is 1. The van der Waals surface area contributed by atoms with Crippen molar-refractivity contribution in [3.8, 4) is 0 Å². The van der Waals surface area contributed by atoms with Crippen LogP contribution < -0.4 is 5.32 Å². The van der Waals surface area contributed by atoms with Gasteiger partial charge in [-0.2, -0.15) is 0 Å². The molecule has 0 unspecified atom stereocenters. The molecule has 0 saturated carbocycles. The van der Waals surface area contributed by atoms with E-state index in [1.807, 2.05) is 30.7 Å². The lowest BCUT2D eigenvalue weighted by Gasteiger charge is -2.06. The minimum Gasteiger partial charge on any atom is -0.449 e. The van der Waals surface area contributed by atoms with Gasteiger partial charge in [-0.15, -0.1) is 0 Å². The van der Waals surface area contributed by atoms with Crippen LogP contribution in [0.25, 0.3) is 0 Å². The lowest BCUT2D eigenvalue weighted by molar-refractivity contribution is 0.0948. The van der Waals surface area contributed by atoms with Gasteiger partial charge in [0.25, 0.3) is 5.91 Å². The first-order valence-corrected chi connectivity index (χ1v) is 8.29. The van der Waals surface area contributed by atoms with E-state index in [1.54, 1.807) is 6.92 Å². The Kier molecular flexibility index (Phi) is 3.95. The summed E-state index contributed by atoms with van der Waals surface area (Å²) in [7, 11) is -1.54. The van der Waals surface area contributed by atoms with E-state index >= 15 is 0 Å². The molecule has 0 fully saturated rings. The smallest absolute Gasteiger partial charge is 0.255 e. The Morgan fingerprint density at radius 2 is 2.00 bits per heavy atom. The van der Waals surface area contributed by atoms with Crippen molar-refractivity contribution in [2.75, 3.05) is 6.26 Å². The van der Waals surface area contributed by atoms with Gasteiger partial charge in [-0.1, -0.05) is 0 Å². The van der Waals surface area contributed by atoms with E-state index in [9.17, 15) is 13.2 Å². The van der Waals surface area contributed by atoms with E-state index < -0.39 is 9.84 Å². The van der Waals surface area contributed by atoms with Gasteiger partial charge in [-0.05, 0) is 26.0 Å². The van der Waals surface area contributed by atoms with Gasteiger partial charge in [0.15, 0.2) is 0 Å². The summed E-state index contributed by atoms with van der Waals surface area (Å²) in [4.78, 5) is 12.1. The summed E-state index contributed by atoms with van der Waals surface area (Å²) < 4.78 is 29.9. The Labute approximate surface area is 123 Å². The Morgan fingerprint density at radius 3 is 2.48 bits per heavy atom.